The summed E-state index contributed by atoms with van der Waals surface area (Å²) < 4.78 is 0. The molecular weight excluding hydrogens is 350 g/mol. The third kappa shape index (κ3) is 4.05. The fourth-order valence-corrected chi connectivity index (χ4v) is 3.36. The summed E-state index contributed by atoms with van der Waals surface area (Å²) in [6.07, 6.45) is 0. The first kappa shape index (κ1) is 18.4. The summed E-state index contributed by atoms with van der Waals surface area (Å²) in [5.74, 6) is -2.19. The number of carboxylic acids is 1. The lowest BCUT2D eigenvalue weighted by atomic mass is 9.89. The molecule has 1 aliphatic rings. The molecule has 0 aliphatic carbocycles. The van der Waals surface area contributed by atoms with Crippen molar-refractivity contribution in [2.75, 3.05) is 25.0 Å². The Hall–Kier alpha value is -3.42. The molecule has 1 heterocycles. The number of aliphatic carboxylic acids is 1. The number of carbonyl (C=O) groups is 2. The summed E-state index contributed by atoms with van der Waals surface area (Å²) in [6.45, 7) is 0.281. The Morgan fingerprint density at radius 3 is 2.44 bits per heavy atom. The molecule has 1 saturated heterocycles. The lowest BCUT2D eigenvalue weighted by Gasteiger charge is -2.17. The molecule has 0 spiro atoms. The third-order valence-corrected chi connectivity index (χ3v) is 4.75. The third-order valence-electron chi connectivity index (χ3n) is 4.75. The van der Waals surface area contributed by atoms with E-state index in [2.05, 4.69) is 5.32 Å². The minimum absolute atomic E-state index is 0.114. The monoisotopic (exact) mass is 369 g/mol. The van der Waals surface area contributed by atoms with Gasteiger partial charge < -0.3 is 15.3 Å². The van der Waals surface area contributed by atoms with E-state index in [-0.39, 0.29) is 36.3 Å². The predicted octanol–water partition coefficient (Wildman–Crippen LogP) is 2.33. The number of nitrogens with zero attached hydrogens (tertiary/aromatic N) is 2. The van der Waals surface area contributed by atoms with E-state index in [0.29, 0.717) is 6.54 Å². The average Bonchev–Trinajstić information content (AvgIpc) is 3.13. The molecule has 8 heteroatoms. The van der Waals surface area contributed by atoms with Crippen LogP contribution in [0.15, 0.2) is 54.6 Å². The lowest BCUT2D eigenvalue weighted by molar-refractivity contribution is -0.383. The van der Waals surface area contributed by atoms with Crippen LogP contribution >= 0.6 is 0 Å². The van der Waals surface area contributed by atoms with Gasteiger partial charge in [-0.3, -0.25) is 19.7 Å². The van der Waals surface area contributed by atoms with Crippen LogP contribution in [0.3, 0.4) is 0 Å². The van der Waals surface area contributed by atoms with Crippen molar-refractivity contribution in [2.45, 2.75) is 5.92 Å². The number of nitro benzene ring substituents is 1. The number of likely N-dealkylation sites (tertiary alicyclic amines) is 1. The molecule has 1 fully saturated rings. The maximum absolute atomic E-state index is 12.5. The molecule has 0 saturated carbocycles. The Morgan fingerprint density at radius 2 is 1.78 bits per heavy atom. The second-order valence-corrected chi connectivity index (χ2v) is 6.39. The van der Waals surface area contributed by atoms with Gasteiger partial charge in [-0.25, -0.2) is 0 Å². The van der Waals surface area contributed by atoms with Gasteiger partial charge in [-0.05, 0) is 11.6 Å². The first-order valence-corrected chi connectivity index (χ1v) is 8.50. The molecule has 140 valence electrons. The highest BCUT2D eigenvalue weighted by molar-refractivity contribution is 5.83. The Labute approximate surface area is 155 Å². The van der Waals surface area contributed by atoms with Crippen LogP contribution in [0.5, 0.6) is 0 Å². The van der Waals surface area contributed by atoms with Crippen molar-refractivity contribution in [2.24, 2.45) is 5.92 Å². The lowest BCUT2D eigenvalue weighted by Crippen LogP contribution is -2.34. The predicted molar refractivity (Wildman–Crippen MR) is 98.5 cm³/mol. The highest BCUT2D eigenvalue weighted by atomic mass is 16.6. The average molecular weight is 369 g/mol. The van der Waals surface area contributed by atoms with Gasteiger partial charge in [-0.15, -0.1) is 0 Å². The molecule has 0 bridgehead atoms. The van der Waals surface area contributed by atoms with Gasteiger partial charge in [0.05, 0.1) is 17.4 Å². The Bertz CT molecular complexity index is 855. The van der Waals surface area contributed by atoms with E-state index in [1.165, 1.54) is 17.0 Å². The zero-order valence-corrected chi connectivity index (χ0v) is 14.4. The summed E-state index contributed by atoms with van der Waals surface area (Å²) >= 11 is 0. The molecule has 2 N–H and O–H groups in total. The number of amides is 1. The highest BCUT2D eigenvalue weighted by Crippen LogP contribution is 2.33. The van der Waals surface area contributed by atoms with Crippen LogP contribution < -0.4 is 5.32 Å². The van der Waals surface area contributed by atoms with E-state index in [9.17, 15) is 24.8 Å². The summed E-state index contributed by atoms with van der Waals surface area (Å²) in [7, 11) is 0. The largest absolute Gasteiger partial charge is 0.481 e. The minimum Gasteiger partial charge on any atom is -0.481 e. The summed E-state index contributed by atoms with van der Waals surface area (Å²) in [6, 6.07) is 15.3. The van der Waals surface area contributed by atoms with E-state index < -0.39 is 16.8 Å². The Morgan fingerprint density at radius 1 is 1.11 bits per heavy atom. The molecule has 2 aromatic carbocycles. The van der Waals surface area contributed by atoms with Crippen molar-refractivity contribution < 1.29 is 19.6 Å². The van der Waals surface area contributed by atoms with Crippen LogP contribution in [0.4, 0.5) is 11.4 Å². The van der Waals surface area contributed by atoms with Crippen molar-refractivity contribution >= 4 is 23.3 Å². The van der Waals surface area contributed by atoms with Gasteiger partial charge >= 0.3 is 5.97 Å². The summed E-state index contributed by atoms with van der Waals surface area (Å²) in [5, 5.41) is 23.4. The normalized spacial score (nSPS) is 18.9. The molecule has 2 unspecified atom stereocenters. The number of hydrogen-bond acceptors (Lipinski definition) is 5. The number of hydrogen-bond donors (Lipinski definition) is 2. The molecule has 27 heavy (non-hydrogen) atoms. The Balaban J connectivity index is 1.69. The van der Waals surface area contributed by atoms with Gasteiger partial charge in [0.15, 0.2) is 0 Å². The topological polar surface area (TPSA) is 113 Å². The number of nitro groups is 1. The van der Waals surface area contributed by atoms with Crippen LogP contribution in [0, 0.1) is 16.0 Å². The first-order valence-electron chi connectivity index (χ1n) is 8.50. The van der Waals surface area contributed by atoms with Crippen LogP contribution in [0.25, 0.3) is 0 Å². The minimum atomic E-state index is -0.939. The van der Waals surface area contributed by atoms with E-state index in [1.54, 1.807) is 12.1 Å². The van der Waals surface area contributed by atoms with Gasteiger partial charge in [0, 0.05) is 25.1 Å². The van der Waals surface area contributed by atoms with Crippen LogP contribution in [-0.4, -0.2) is 46.4 Å². The molecular formula is C19H19N3O5. The number of carboxylic acid groups (broad SMARTS) is 1. The van der Waals surface area contributed by atoms with E-state index in [4.69, 9.17) is 0 Å². The number of benzene rings is 2. The second kappa shape index (κ2) is 7.86. The second-order valence-electron chi connectivity index (χ2n) is 6.39. The SMILES string of the molecule is O=C(O)C1CN(C(=O)CNc2ccccc2[N+](=O)[O-])CC1c1ccccc1. The molecule has 1 aliphatic heterocycles. The molecule has 8 nitrogen and oxygen atoms in total. The zero-order chi connectivity index (χ0) is 19.4. The number of carbonyl (C=O) groups excluding carboxylic acids is 1. The molecule has 0 radical (unpaired) electrons. The van der Waals surface area contributed by atoms with Crippen molar-refractivity contribution in [3.05, 3.63) is 70.3 Å². The molecule has 2 aromatic rings. The molecule has 1 amide bonds. The number of nitrogens with one attached hydrogen (secondary N) is 1. The quantitative estimate of drug-likeness (QED) is 0.597. The van der Waals surface area contributed by atoms with Gasteiger partial charge in [0.1, 0.15) is 5.69 Å². The van der Waals surface area contributed by atoms with Crippen molar-refractivity contribution in [3.8, 4) is 0 Å². The first-order chi connectivity index (χ1) is 13.0. The van der Waals surface area contributed by atoms with Crippen LogP contribution in [0.1, 0.15) is 11.5 Å². The smallest absolute Gasteiger partial charge is 0.308 e. The van der Waals surface area contributed by atoms with Gasteiger partial charge in [0.25, 0.3) is 5.69 Å². The summed E-state index contributed by atoms with van der Waals surface area (Å²) in [4.78, 5) is 36.2. The van der Waals surface area contributed by atoms with E-state index >= 15 is 0 Å². The molecule has 2 atom stereocenters. The molecule has 3 rings (SSSR count). The standard InChI is InChI=1S/C19H19N3O5/c23-18(10-20-16-8-4-5-9-17(16)22(26)27)21-11-14(15(12-21)19(24)25)13-6-2-1-3-7-13/h1-9,14-15,20H,10-12H2,(H,24,25). The molecule has 0 aromatic heterocycles. The fourth-order valence-electron chi connectivity index (χ4n) is 3.36. The van der Waals surface area contributed by atoms with Crippen LogP contribution in [0.2, 0.25) is 0 Å². The van der Waals surface area contributed by atoms with Crippen molar-refractivity contribution in [1.82, 2.24) is 4.90 Å². The van der Waals surface area contributed by atoms with Crippen molar-refractivity contribution in [3.63, 3.8) is 0 Å². The van der Waals surface area contributed by atoms with Crippen molar-refractivity contribution in [1.29, 1.82) is 0 Å². The maximum Gasteiger partial charge on any atom is 0.308 e. The number of para-hydroxylation sites is 2. The van der Waals surface area contributed by atoms with Gasteiger partial charge in [-0.1, -0.05) is 42.5 Å². The van der Waals surface area contributed by atoms with Gasteiger partial charge in [-0.2, -0.15) is 0 Å². The zero-order valence-electron chi connectivity index (χ0n) is 14.4. The fraction of sp³-hybridized carbons (Fsp3) is 0.263. The van der Waals surface area contributed by atoms with E-state index in [0.717, 1.165) is 5.56 Å². The van der Waals surface area contributed by atoms with Crippen LogP contribution in [-0.2, 0) is 9.59 Å². The summed E-state index contributed by atoms with van der Waals surface area (Å²) in [5.41, 5.74) is 1.02. The number of anilines is 1. The van der Waals surface area contributed by atoms with Gasteiger partial charge in [0.2, 0.25) is 5.91 Å². The van der Waals surface area contributed by atoms with E-state index in [1.807, 2.05) is 30.3 Å². The Kier molecular flexibility index (Phi) is 5.35. The highest BCUT2D eigenvalue weighted by Gasteiger charge is 2.40. The number of rotatable bonds is 6. The maximum atomic E-state index is 12.5.